The topological polar surface area (TPSA) is 120 Å². The molecular formula is C21H22ClFN6O2S. The highest BCUT2D eigenvalue weighted by Gasteiger charge is 2.47. The highest BCUT2D eigenvalue weighted by Crippen LogP contribution is 2.40. The van der Waals surface area contributed by atoms with Gasteiger partial charge >= 0.3 is 0 Å². The normalized spacial score (nSPS) is 24.8. The van der Waals surface area contributed by atoms with Gasteiger partial charge in [-0.15, -0.1) is 0 Å². The molecule has 8 nitrogen and oxygen atoms in total. The fraction of sp³-hybridized carbons (Fsp3) is 0.333. The van der Waals surface area contributed by atoms with Crippen LogP contribution < -0.4 is 5.73 Å². The number of rotatable bonds is 3. The number of amidine groups is 1. The average Bonchev–Trinajstić information content (AvgIpc) is 3.23. The van der Waals surface area contributed by atoms with E-state index in [0.29, 0.717) is 27.9 Å². The zero-order valence-corrected chi connectivity index (χ0v) is 19.5. The van der Waals surface area contributed by atoms with E-state index in [0.717, 1.165) is 0 Å². The predicted octanol–water partition coefficient (Wildman–Crippen LogP) is 4.05. The first-order chi connectivity index (χ1) is 15.0. The summed E-state index contributed by atoms with van der Waals surface area (Å²) in [5, 5.41) is 4.40. The van der Waals surface area contributed by atoms with Gasteiger partial charge in [0.1, 0.15) is 21.9 Å². The molecule has 0 amide bonds. The van der Waals surface area contributed by atoms with Crippen LogP contribution in [0.3, 0.4) is 0 Å². The monoisotopic (exact) mass is 476 g/mol. The Hall–Kier alpha value is -2.85. The SMILES string of the molecule is CN=[S@@]1(=O)C[C@@](C)(c2cc(-c3cc(-c4ncc(Cl)cn4)no3)ccc2F)N=C(N)C1(C)C. The predicted molar refractivity (Wildman–Crippen MR) is 122 cm³/mol. The lowest BCUT2D eigenvalue weighted by atomic mass is 9.91. The maximum absolute atomic E-state index is 15.0. The Labute approximate surface area is 190 Å². The van der Waals surface area contributed by atoms with Gasteiger partial charge in [0.25, 0.3) is 0 Å². The second-order valence-corrected chi connectivity index (χ2v) is 11.6. The first-order valence-corrected chi connectivity index (χ1v) is 11.8. The lowest BCUT2D eigenvalue weighted by Crippen LogP contribution is -2.54. The number of benzene rings is 1. The zero-order chi connectivity index (χ0) is 23.3. The number of nitrogens with zero attached hydrogens (tertiary/aromatic N) is 5. The third-order valence-corrected chi connectivity index (χ3v) is 9.29. The molecule has 4 rings (SSSR count). The van der Waals surface area contributed by atoms with Crippen LogP contribution in [0.5, 0.6) is 0 Å². The van der Waals surface area contributed by atoms with E-state index in [9.17, 15) is 8.60 Å². The lowest BCUT2D eigenvalue weighted by Gasteiger charge is -2.40. The third kappa shape index (κ3) is 3.57. The number of aliphatic imine (C=N–C) groups is 1. The van der Waals surface area contributed by atoms with Crippen molar-refractivity contribution in [1.29, 1.82) is 0 Å². The summed E-state index contributed by atoms with van der Waals surface area (Å²) in [5.74, 6) is 0.442. The summed E-state index contributed by atoms with van der Waals surface area (Å²) >= 11 is 5.83. The Morgan fingerprint density at radius 3 is 2.56 bits per heavy atom. The standard InChI is InChI=1S/C21H22ClFN6O2S/c1-20(2)19(24)28-21(3,11-32(20,30)25-4)14-7-12(5-6-15(14)23)17-8-16(29-31-17)18-26-9-13(22)10-27-18/h5-10H,11H2,1-4H3,(H2,24,28)/t21-,32+/m0/s1. The lowest BCUT2D eigenvalue weighted by molar-refractivity contribution is 0.434. The molecule has 0 unspecified atom stereocenters. The summed E-state index contributed by atoms with van der Waals surface area (Å²) in [6, 6.07) is 6.13. The van der Waals surface area contributed by atoms with E-state index in [2.05, 4.69) is 24.5 Å². The average molecular weight is 477 g/mol. The number of hydrogen-bond acceptors (Lipinski definition) is 8. The van der Waals surface area contributed by atoms with Gasteiger partial charge in [-0.3, -0.25) is 4.99 Å². The molecule has 0 saturated carbocycles. The Balaban J connectivity index is 1.78. The Bertz CT molecular complexity index is 1340. The maximum Gasteiger partial charge on any atom is 0.181 e. The molecule has 168 valence electrons. The van der Waals surface area contributed by atoms with E-state index in [4.69, 9.17) is 21.9 Å². The van der Waals surface area contributed by atoms with Crippen LogP contribution in [0.1, 0.15) is 26.3 Å². The molecular weight excluding hydrogens is 455 g/mol. The van der Waals surface area contributed by atoms with Crippen molar-refractivity contribution in [3.05, 3.63) is 53.1 Å². The minimum atomic E-state index is -2.80. The first kappa shape index (κ1) is 22.3. The van der Waals surface area contributed by atoms with Gasteiger partial charge in [-0.05, 0) is 39.0 Å². The quantitative estimate of drug-likeness (QED) is 0.608. The van der Waals surface area contributed by atoms with Crippen molar-refractivity contribution in [2.45, 2.75) is 31.1 Å². The second-order valence-electron chi connectivity index (χ2n) is 8.24. The van der Waals surface area contributed by atoms with E-state index in [-0.39, 0.29) is 17.2 Å². The van der Waals surface area contributed by atoms with Crippen molar-refractivity contribution in [1.82, 2.24) is 15.1 Å². The van der Waals surface area contributed by atoms with E-state index < -0.39 is 25.8 Å². The molecule has 32 heavy (non-hydrogen) atoms. The largest absolute Gasteiger partial charge is 0.386 e. The second kappa shape index (κ2) is 7.63. The van der Waals surface area contributed by atoms with Gasteiger partial charge in [-0.1, -0.05) is 16.8 Å². The summed E-state index contributed by atoms with van der Waals surface area (Å²) in [4.78, 5) is 12.8. The van der Waals surface area contributed by atoms with Crippen LogP contribution in [0.2, 0.25) is 5.02 Å². The molecule has 0 saturated heterocycles. The molecule has 0 spiro atoms. The van der Waals surface area contributed by atoms with Gasteiger partial charge in [-0.25, -0.2) is 22.9 Å². The smallest absolute Gasteiger partial charge is 0.181 e. The number of halogens is 2. The Morgan fingerprint density at radius 1 is 1.22 bits per heavy atom. The van der Waals surface area contributed by atoms with Gasteiger partial charge in [0.15, 0.2) is 17.3 Å². The van der Waals surface area contributed by atoms with Gasteiger partial charge in [0.05, 0.1) is 20.5 Å². The molecule has 2 N–H and O–H groups in total. The molecule has 1 aliphatic rings. The van der Waals surface area contributed by atoms with Crippen LogP contribution in [-0.4, -0.2) is 42.7 Å². The van der Waals surface area contributed by atoms with Crippen LogP contribution >= 0.6 is 11.6 Å². The molecule has 0 bridgehead atoms. The van der Waals surface area contributed by atoms with Gasteiger partial charge in [0.2, 0.25) is 0 Å². The van der Waals surface area contributed by atoms with E-state index >= 15 is 0 Å². The zero-order valence-electron chi connectivity index (χ0n) is 18.0. The van der Waals surface area contributed by atoms with Crippen molar-refractivity contribution in [2.75, 3.05) is 12.8 Å². The van der Waals surface area contributed by atoms with Crippen LogP contribution in [-0.2, 0) is 15.3 Å². The first-order valence-electron chi connectivity index (χ1n) is 9.72. The van der Waals surface area contributed by atoms with Crippen molar-refractivity contribution < 1.29 is 13.1 Å². The molecule has 3 aromatic rings. The Morgan fingerprint density at radius 2 is 1.91 bits per heavy atom. The maximum atomic E-state index is 15.0. The summed E-state index contributed by atoms with van der Waals surface area (Å²) in [6.45, 7) is 5.18. The van der Waals surface area contributed by atoms with Crippen molar-refractivity contribution in [2.24, 2.45) is 15.1 Å². The van der Waals surface area contributed by atoms with E-state index in [1.54, 1.807) is 39.0 Å². The highest BCUT2D eigenvalue weighted by molar-refractivity contribution is 7.95. The summed E-state index contributed by atoms with van der Waals surface area (Å²) < 4.78 is 37.2. The van der Waals surface area contributed by atoms with E-state index in [1.807, 2.05) is 0 Å². The molecule has 3 heterocycles. The molecule has 11 heteroatoms. The van der Waals surface area contributed by atoms with Gasteiger partial charge in [0, 0.05) is 36.6 Å². The van der Waals surface area contributed by atoms with Crippen molar-refractivity contribution in [3.63, 3.8) is 0 Å². The number of hydrogen-bond donors (Lipinski definition) is 1. The molecule has 2 aromatic heterocycles. The van der Waals surface area contributed by atoms with Crippen LogP contribution in [0.15, 0.2) is 50.5 Å². The van der Waals surface area contributed by atoms with Gasteiger partial charge < -0.3 is 10.3 Å². The van der Waals surface area contributed by atoms with Crippen LogP contribution in [0, 0.1) is 5.82 Å². The minimum absolute atomic E-state index is 0.0326. The van der Waals surface area contributed by atoms with Crippen molar-refractivity contribution in [3.8, 4) is 22.8 Å². The molecule has 2 atom stereocenters. The molecule has 0 radical (unpaired) electrons. The molecule has 0 fully saturated rings. The van der Waals surface area contributed by atoms with Crippen LogP contribution in [0.25, 0.3) is 22.8 Å². The summed E-state index contributed by atoms with van der Waals surface area (Å²) in [7, 11) is -1.31. The number of nitrogens with two attached hydrogens (primary N) is 1. The fourth-order valence-electron chi connectivity index (χ4n) is 3.64. The van der Waals surface area contributed by atoms with Crippen LogP contribution in [0.4, 0.5) is 4.39 Å². The third-order valence-electron chi connectivity index (χ3n) is 5.74. The number of aromatic nitrogens is 3. The van der Waals surface area contributed by atoms with E-state index in [1.165, 1.54) is 25.5 Å². The highest BCUT2D eigenvalue weighted by atomic mass is 35.5. The molecule has 0 aliphatic carbocycles. The minimum Gasteiger partial charge on any atom is -0.386 e. The molecule has 1 aliphatic heterocycles. The summed E-state index contributed by atoms with van der Waals surface area (Å²) in [6.07, 6.45) is 2.91. The van der Waals surface area contributed by atoms with Gasteiger partial charge in [-0.2, -0.15) is 0 Å². The fourth-order valence-corrected chi connectivity index (χ4v) is 6.04. The molecule has 1 aromatic carbocycles. The Kier molecular flexibility index (Phi) is 5.33. The van der Waals surface area contributed by atoms with Crippen molar-refractivity contribution >= 4 is 27.2 Å². The summed E-state index contributed by atoms with van der Waals surface area (Å²) in [5.41, 5.74) is 6.23.